The van der Waals surface area contributed by atoms with Gasteiger partial charge in [-0.1, -0.05) is 6.07 Å². The molecule has 0 saturated heterocycles. The van der Waals surface area contributed by atoms with Gasteiger partial charge in [0.25, 0.3) is 0 Å². The normalized spacial score (nSPS) is 20.5. The molecule has 13 heavy (non-hydrogen) atoms. The highest BCUT2D eigenvalue weighted by Gasteiger charge is 2.19. The highest BCUT2D eigenvalue weighted by atomic mass is 16.3. The van der Waals surface area contributed by atoms with Crippen molar-refractivity contribution in [2.75, 3.05) is 0 Å². The summed E-state index contributed by atoms with van der Waals surface area (Å²) in [4.78, 5) is 4.10. The molecule has 3 nitrogen and oxygen atoms in total. The lowest BCUT2D eigenvalue weighted by atomic mass is 9.93. The molecule has 1 unspecified atom stereocenters. The molecule has 1 aliphatic rings. The number of rotatable bonds is 0. The molecular weight excluding hydrogens is 164 g/mol. The van der Waals surface area contributed by atoms with Crippen molar-refractivity contribution in [2.24, 2.45) is 0 Å². The van der Waals surface area contributed by atoms with E-state index in [0.29, 0.717) is 11.4 Å². The summed E-state index contributed by atoms with van der Waals surface area (Å²) >= 11 is 0. The monoisotopic (exact) mass is 174 g/mol. The van der Waals surface area contributed by atoms with E-state index in [1.807, 2.05) is 12.1 Å². The highest BCUT2D eigenvalue weighted by molar-refractivity contribution is 5.31. The second kappa shape index (κ2) is 3.15. The molecule has 1 N–H and O–H groups in total. The Bertz CT molecular complexity index is 368. The zero-order valence-corrected chi connectivity index (χ0v) is 7.20. The van der Waals surface area contributed by atoms with E-state index < -0.39 is 6.10 Å². The molecule has 0 bridgehead atoms. The summed E-state index contributed by atoms with van der Waals surface area (Å²) in [5, 5.41) is 18.2. The third-order valence-electron chi connectivity index (χ3n) is 2.37. The summed E-state index contributed by atoms with van der Waals surface area (Å²) in [6, 6.07) is 5.57. The van der Waals surface area contributed by atoms with Crippen molar-refractivity contribution >= 4 is 0 Å². The van der Waals surface area contributed by atoms with Crippen molar-refractivity contribution in [3.63, 3.8) is 0 Å². The summed E-state index contributed by atoms with van der Waals surface area (Å²) < 4.78 is 0. The maximum Gasteiger partial charge on any atom is 0.140 e. The van der Waals surface area contributed by atoms with Crippen molar-refractivity contribution in [3.05, 3.63) is 29.1 Å². The molecule has 1 aromatic heterocycles. The van der Waals surface area contributed by atoms with Gasteiger partial charge in [0.15, 0.2) is 0 Å². The largest absolute Gasteiger partial charge is 0.387 e. The van der Waals surface area contributed by atoms with Gasteiger partial charge in [0.1, 0.15) is 11.8 Å². The van der Waals surface area contributed by atoms with Gasteiger partial charge in [0, 0.05) is 0 Å². The van der Waals surface area contributed by atoms with Crippen LogP contribution >= 0.6 is 0 Å². The van der Waals surface area contributed by atoms with Crippen LogP contribution in [0.25, 0.3) is 0 Å². The van der Waals surface area contributed by atoms with Crippen LogP contribution in [0.3, 0.4) is 0 Å². The van der Waals surface area contributed by atoms with Crippen LogP contribution in [-0.4, -0.2) is 10.1 Å². The van der Waals surface area contributed by atoms with Gasteiger partial charge in [-0.15, -0.1) is 0 Å². The lowest BCUT2D eigenvalue weighted by Crippen LogP contribution is -2.11. The fraction of sp³-hybridized carbons (Fsp3) is 0.400. The number of hydrogen-bond donors (Lipinski definition) is 1. The van der Waals surface area contributed by atoms with E-state index in [1.54, 1.807) is 6.07 Å². The Morgan fingerprint density at radius 2 is 2.38 bits per heavy atom. The Morgan fingerprint density at radius 1 is 1.54 bits per heavy atom. The number of aliphatic hydroxyl groups excluding tert-OH is 1. The number of aliphatic hydroxyl groups is 1. The number of hydrogen-bond acceptors (Lipinski definition) is 3. The lowest BCUT2D eigenvalue weighted by molar-refractivity contribution is 0.151. The van der Waals surface area contributed by atoms with Gasteiger partial charge in [-0.25, -0.2) is 4.98 Å². The average molecular weight is 174 g/mol. The van der Waals surface area contributed by atoms with Crippen molar-refractivity contribution in [2.45, 2.75) is 25.4 Å². The molecule has 0 saturated carbocycles. The average Bonchev–Trinajstić information content (AvgIpc) is 2.18. The zero-order valence-electron chi connectivity index (χ0n) is 7.20. The molecule has 0 radical (unpaired) electrons. The van der Waals surface area contributed by atoms with E-state index in [2.05, 4.69) is 4.98 Å². The van der Waals surface area contributed by atoms with Crippen LogP contribution in [0.15, 0.2) is 12.1 Å². The topological polar surface area (TPSA) is 56.9 Å². The Labute approximate surface area is 76.7 Å². The van der Waals surface area contributed by atoms with Crippen LogP contribution in [0.1, 0.15) is 35.9 Å². The van der Waals surface area contributed by atoms with Crippen molar-refractivity contribution in [3.8, 4) is 6.07 Å². The number of aromatic nitrogens is 1. The Balaban J connectivity index is 2.48. The Kier molecular flexibility index (Phi) is 1.99. The standard InChI is InChI=1S/C10H10N2O/c11-6-8-5-4-7-2-1-3-9(13)10(7)12-8/h4-5,9,13H,1-3H2. The van der Waals surface area contributed by atoms with Gasteiger partial charge in [-0.3, -0.25) is 0 Å². The summed E-state index contributed by atoms with van der Waals surface area (Å²) in [7, 11) is 0. The minimum Gasteiger partial charge on any atom is -0.387 e. The summed E-state index contributed by atoms with van der Waals surface area (Å²) in [5.74, 6) is 0. The van der Waals surface area contributed by atoms with Crippen LogP contribution in [0.4, 0.5) is 0 Å². The number of nitrogens with zero attached hydrogens (tertiary/aromatic N) is 2. The van der Waals surface area contributed by atoms with Gasteiger partial charge in [-0.2, -0.15) is 5.26 Å². The number of fused-ring (bicyclic) bond motifs is 1. The van der Waals surface area contributed by atoms with Gasteiger partial charge in [0.05, 0.1) is 11.8 Å². The fourth-order valence-corrected chi connectivity index (χ4v) is 1.69. The summed E-state index contributed by atoms with van der Waals surface area (Å²) in [6.45, 7) is 0. The minimum absolute atomic E-state index is 0.389. The smallest absolute Gasteiger partial charge is 0.140 e. The van der Waals surface area contributed by atoms with Crippen LogP contribution in [0.5, 0.6) is 0 Å². The quantitative estimate of drug-likeness (QED) is 0.645. The maximum atomic E-state index is 9.61. The van der Waals surface area contributed by atoms with Crippen LogP contribution < -0.4 is 0 Å². The van der Waals surface area contributed by atoms with Crippen molar-refractivity contribution in [1.82, 2.24) is 4.98 Å². The SMILES string of the molecule is N#Cc1ccc2c(n1)C(O)CCC2. The van der Waals surface area contributed by atoms with Gasteiger partial charge < -0.3 is 5.11 Å². The van der Waals surface area contributed by atoms with Crippen LogP contribution in [0, 0.1) is 11.3 Å². The molecule has 1 aliphatic carbocycles. The van der Waals surface area contributed by atoms with E-state index in [0.717, 1.165) is 24.8 Å². The third-order valence-corrected chi connectivity index (χ3v) is 2.37. The molecule has 1 atom stereocenters. The van der Waals surface area contributed by atoms with E-state index in [-0.39, 0.29) is 0 Å². The summed E-state index contributed by atoms with van der Waals surface area (Å²) in [5.41, 5.74) is 2.17. The second-order valence-electron chi connectivity index (χ2n) is 3.26. The molecule has 1 heterocycles. The van der Waals surface area contributed by atoms with E-state index >= 15 is 0 Å². The number of nitriles is 1. The molecule has 66 valence electrons. The molecule has 0 fully saturated rings. The fourth-order valence-electron chi connectivity index (χ4n) is 1.69. The van der Waals surface area contributed by atoms with Crippen molar-refractivity contribution in [1.29, 1.82) is 5.26 Å². The third kappa shape index (κ3) is 1.41. The maximum absolute atomic E-state index is 9.61. The minimum atomic E-state index is -0.475. The van der Waals surface area contributed by atoms with Crippen molar-refractivity contribution < 1.29 is 5.11 Å². The molecule has 0 amide bonds. The molecule has 3 heteroatoms. The Morgan fingerprint density at radius 3 is 3.15 bits per heavy atom. The zero-order chi connectivity index (χ0) is 9.26. The van der Waals surface area contributed by atoms with Crippen LogP contribution in [0.2, 0.25) is 0 Å². The second-order valence-corrected chi connectivity index (χ2v) is 3.26. The van der Waals surface area contributed by atoms with Gasteiger partial charge in [0.2, 0.25) is 0 Å². The number of aryl methyl sites for hydroxylation is 1. The molecule has 0 spiro atoms. The lowest BCUT2D eigenvalue weighted by Gasteiger charge is -2.19. The first-order valence-corrected chi connectivity index (χ1v) is 4.39. The molecule has 0 aromatic carbocycles. The van der Waals surface area contributed by atoms with Gasteiger partial charge >= 0.3 is 0 Å². The first-order chi connectivity index (χ1) is 6.31. The van der Waals surface area contributed by atoms with E-state index in [9.17, 15) is 5.11 Å². The number of pyridine rings is 1. The Hall–Kier alpha value is -1.40. The molecule has 1 aromatic rings. The molecule has 0 aliphatic heterocycles. The van der Waals surface area contributed by atoms with E-state index in [1.165, 1.54) is 0 Å². The highest BCUT2D eigenvalue weighted by Crippen LogP contribution is 2.27. The van der Waals surface area contributed by atoms with E-state index in [4.69, 9.17) is 5.26 Å². The molecular formula is C10H10N2O. The van der Waals surface area contributed by atoms with Gasteiger partial charge in [-0.05, 0) is 30.9 Å². The predicted octanol–water partition coefficient (Wildman–Crippen LogP) is 1.32. The molecule has 2 rings (SSSR count). The predicted molar refractivity (Wildman–Crippen MR) is 46.8 cm³/mol. The first-order valence-electron chi connectivity index (χ1n) is 4.39. The van der Waals surface area contributed by atoms with Crippen LogP contribution in [-0.2, 0) is 6.42 Å². The summed E-state index contributed by atoms with van der Waals surface area (Å²) in [6.07, 6.45) is 2.25. The first kappa shape index (κ1) is 8.21.